The molecule has 2 aromatic rings. The number of nitrogens with zero attached hydrogens (tertiary/aromatic N) is 1. The summed E-state index contributed by atoms with van der Waals surface area (Å²) in [6, 6.07) is 17.4. The van der Waals surface area contributed by atoms with Crippen LogP contribution in [0.2, 0.25) is 0 Å². The Kier molecular flexibility index (Phi) is 5.33. The number of rotatable bonds is 6. The monoisotopic (exact) mass is 378 g/mol. The predicted molar refractivity (Wildman–Crippen MR) is 107 cm³/mol. The number of hydrogen-bond acceptors (Lipinski definition) is 3. The molecule has 2 amide bonds. The summed E-state index contributed by atoms with van der Waals surface area (Å²) in [5.41, 5.74) is 1.69. The number of benzene rings is 2. The zero-order valence-electron chi connectivity index (χ0n) is 16.1. The van der Waals surface area contributed by atoms with Crippen molar-refractivity contribution >= 4 is 11.8 Å². The molecule has 1 aliphatic carbocycles. The Labute approximate surface area is 165 Å². The number of carbonyl (C=O) groups is 2. The fraction of sp³-hybridized carbons (Fsp3) is 0.391. The third-order valence-corrected chi connectivity index (χ3v) is 5.80. The molecule has 3 atom stereocenters. The van der Waals surface area contributed by atoms with Crippen molar-refractivity contribution in [1.29, 1.82) is 0 Å². The highest BCUT2D eigenvalue weighted by Gasteiger charge is 2.46. The summed E-state index contributed by atoms with van der Waals surface area (Å²) in [6.07, 6.45) is 2.24. The molecule has 1 saturated carbocycles. The van der Waals surface area contributed by atoms with E-state index in [1.165, 1.54) is 0 Å². The lowest BCUT2D eigenvalue weighted by Crippen LogP contribution is -2.48. The van der Waals surface area contributed by atoms with Crippen LogP contribution in [0, 0.1) is 5.92 Å². The largest absolute Gasteiger partial charge is 0.494 e. The molecule has 2 aliphatic rings. The summed E-state index contributed by atoms with van der Waals surface area (Å²) in [6.45, 7) is 3.33. The first-order chi connectivity index (χ1) is 13.6. The van der Waals surface area contributed by atoms with Crippen molar-refractivity contribution in [3.05, 3.63) is 65.7 Å². The van der Waals surface area contributed by atoms with Gasteiger partial charge in [0.25, 0.3) is 5.91 Å². The average Bonchev–Trinajstić information content (AvgIpc) is 3.31. The van der Waals surface area contributed by atoms with Crippen molar-refractivity contribution in [2.24, 2.45) is 5.92 Å². The quantitative estimate of drug-likeness (QED) is 0.841. The second-order valence-corrected chi connectivity index (χ2v) is 7.63. The van der Waals surface area contributed by atoms with Gasteiger partial charge in [0.05, 0.1) is 13.0 Å². The van der Waals surface area contributed by atoms with Gasteiger partial charge in [-0.2, -0.15) is 0 Å². The topological polar surface area (TPSA) is 58.6 Å². The Morgan fingerprint density at radius 2 is 1.82 bits per heavy atom. The summed E-state index contributed by atoms with van der Waals surface area (Å²) in [5, 5.41) is 3.16. The minimum atomic E-state index is -0.0228. The molecule has 1 heterocycles. The van der Waals surface area contributed by atoms with Crippen LogP contribution in [0.15, 0.2) is 54.6 Å². The Balaban J connectivity index is 1.31. The van der Waals surface area contributed by atoms with Gasteiger partial charge in [-0.25, -0.2) is 0 Å². The lowest BCUT2D eigenvalue weighted by atomic mass is 10.0. The van der Waals surface area contributed by atoms with Gasteiger partial charge >= 0.3 is 0 Å². The second kappa shape index (κ2) is 8.05. The molecule has 1 aliphatic heterocycles. The molecule has 2 bridgehead atoms. The van der Waals surface area contributed by atoms with Crippen LogP contribution in [-0.4, -0.2) is 41.9 Å². The second-order valence-electron chi connectivity index (χ2n) is 7.63. The number of piperidine rings is 1. The van der Waals surface area contributed by atoms with Crippen LogP contribution in [0.25, 0.3) is 0 Å². The van der Waals surface area contributed by atoms with E-state index in [2.05, 4.69) is 5.32 Å². The molecule has 2 fully saturated rings. The standard InChI is InChI=1S/C23H26N2O3/c1-2-28-20-10-8-16(9-11-20)12-22(26)25-15-18-13-19(25)14-21(18)24-23(27)17-6-4-3-5-7-17/h3-11,18-19,21H,2,12-15H2,1H3,(H,24,27). The van der Waals surface area contributed by atoms with E-state index in [9.17, 15) is 9.59 Å². The molecule has 2 aromatic carbocycles. The van der Waals surface area contributed by atoms with Gasteiger partial charge in [0, 0.05) is 24.2 Å². The maximum atomic E-state index is 12.8. The highest BCUT2D eigenvalue weighted by atomic mass is 16.5. The molecule has 0 radical (unpaired) electrons. The maximum absolute atomic E-state index is 12.8. The van der Waals surface area contributed by atoms with Gasteiger partial charge in [0.15, 0.2) is 0 Å². The third kappa shape index (κ3) is 3.88. The highest BCUT2D eigenvalue weighted by Crippen LogP contribution is 2.38. The van der Waals surface area contributed by atoms with Gasteiger partial charge in [-0.3, -0.25) is 9.59 Å². The molecular formula is C23H26N2O3. The van der Waals surface area contributed by atoms with Crippen LogP contribution in [0.4, 0.5) is 0 Å². The van der Waals surface area contributed by atoms with Crippen LogP contribution in [0.3, 0.4) is 0 Å². The Morgan fingerprint density at radius 1 is 1.07 bits per heavy atom. The zero-order valence-corrected chi connectivity index (χ0v) is 16.1. The van der Waals surface area contributed by atoms with E-state index < -0.39 is 0 Å². The first-order valence-corrected chi connectivity index (χ1v) is 10.0. The number of nitrogens with one attached hydrogen (secondary N) is 1. The van der Waals surface area contributed by atoms with E-state index in [4.69, 9.17) is 4.74 Å². The molecule has 4 rings (SSSR count). The molecule has 1 saturated heterocycles. The first kappa shape index (κ1) is 18.5. The van der Waals surface area contributed by atoms with E-state index in [1.54, 1.807) is 0 Å². The summed E-state index contributed by atoms with van der Waals surface area (Å²) < 4.78 is 5.45. The fourth-order valence-corrected chi connectivity index (χ4v) is 4.42. The maximum Gasteiger partial charge on any atom is 0.251 e. The van der Waals surface area contributed by atoms with Crippen molar-refractivity contribution < 1.29 is 14.3 Å². The molecule has 28 heavy (non-hydrogen) atoms. The van der Waals surface area contributed by atoms with E-state index in [0.717, 1.165) is 30.7 Å². The normalized spacial score (nSPS) is 22.9. The number of carbonyl (C=O) groups excluding carboxylic acids is 2. The summed E-state index contributed by atoms with van der Waals surface area (Å²) in [5.74, 6) is 1.33. The molecule has 3 unspecified atom stereocenters. The Hall–Kier alpha value is -2.82. The van der Waals surface area contributed by atoms with Crippen molar-refractivity contribution in [2.75, 3.05) is 13.2 Å². The van der Waals surface area contributed by atoms with Gasteiger partial charge in [0.2, 0.25) is 5.91 Å². The van der Waals surface area contributed by atoms with Crippen LogP contribution in [0.1, 0.15) is 35.7 Å². The van der Waals surface area contributed by atoms with E-state index in [0.29, 0.717) is 24.5 Å². The lowest BCUT2D eigenvalue weighted by molar-refractivity contribution is -0.132. The van der Waals surface area contributed by atoms with Crippen molar-refractivity contribution in [3.63, 3.8) is 0 Å². The Morgan fingerprint density at radius 3 is 2.46 bits per heavy atom. The number of ether oxygens (including phenoxy) is 1. The lowest BCUT2D eigenvalue weighted by Gasteiger charge is -2.32. The van der Waals surface area contributed by atoms with Crippen LogP contribution in [0.5, 0.6) is 5.75 Å². The minimum Gasteiger partial charge on any atom is -0.494 e. The summed E-state index contributed by atoms with van der Waals surface area (Å²) >= 11 is 0. The van der Waals surface area contributed by atoms with Crippen LogP contribution in [-0.2, 0) is 11.2 Å². The molecule has 5 heteroatoms. The van der Waals surface area contributed by atoms with Crippen molar-refractivity contribution in [3.8, 4) is 5.75 Å². The predicted octanol–water partition coefficient (Wildman–Crippen LogP) is 3.05. The van der Waals surface area contributed by atoms with Gasteiger partial charge in [-0.05, 0) is 55.5 Å². The van der Waals surface area contributed by atoms with Gasteiger partial charge < -0.3 is 15.0 Å². The smallest absolute Gasteiger partial charge is 0.251 e. The summed E-state index contributed by atoms with van der Waals surface area (Å²) in [4.78, 5) is 27.2. The first-order valence-electron chi connectivity index (χ1n) is 10.0. The van der Waals surface area contributed by atoms with E-state index in [1.807, 2.05) is 66.4 Å². The third-order valence-electron chi connectivity index (χ3n) is 5.80. The summed E-state index contributed by atoms with van der Waals surface area (Å²) in [7, 11) is 0. The van der Waals surface area contributed by atoms with E-state index >= 15 is 0 Å². The van der Waals surface area contributed by atoms with Crippen LogP contribution >= 0.6 is 0 Å². The zero-order chi connectivity index (χ0) is 19.5. The Bertz CT molecular complexity index is 835. The SMILES string of the molecule is CCOc1ccc(CC(=O)N2CC3CC2CC3NC(=O)c2ccccc2)cc1. The van der Waals surface area contributed by atoms with Crippen molar-refractivity contribution in [1.82, 2.24) is 10.2 Å². The van der Waals surface area contributed by atoms with Crippen LogP contribution < -0.4 is 10.1 Å². The van der Waals surface area contributed by atoms with E-state index in [-0.39, 0.29) is 23.9 Å². The number of likely N-dealkylation sites (tertiary alicyclic amines) is 1. The molecule has 146 valence electrons. The fourth-order valence-electron chi connectivity index (χ4n) is 4.42. The van der Waals surface area contributed by atoms with Gasteiger partial charge in [0.1, 0.15) is 5.75 Å². The molecule has 1 N–H and O–H groups in total. The average molecular weight is 378 g/mol. The highest BCUT2D eigenvalue weighted by molar-refractivity contribution is 5.94. The molecule has 5 nitrogen and oxygen atoms in total. The molecule has 0 spiro atoms. The number of fused-ring (bicyclic) bond motifs is 2. The molecular weight excluding hydrogens is 352 g/mol. The number of hydrogen-bond donors (Lipinski definition) is 1. The van der Waals surface area contributed by atoms with Gasteiger partial charge in [-0.1, -0.05) is 30.3 Å². The van der Waals surface area contributed by atoms with Gasteiger partial charge in [-0.15, -0.1) is 0 Å². The number of amides is 2. The minimum absolute atomic E-state index is 0.0228. The van der Waals surface area contributed by atoms with Crippen molar-refractivity contribution in [2.45, 2.75) is 38.3 Å². The molecule has 0 aromatic heterocycles.